The summed E-state index contributed by atoms with van der Waals surface area (Å²) >= 11 is 0. The van der Waals surface area contributed by atoms with Crippen molar-refractivity contribution in [2.45, 2.75) is 249 Å². The molecule has 720 valence electrons. The molecule has 7 fully saturated rings. The molecule has 134 heavy (non-hydrogen) atoms. The maximum absolute atomic E-state index is 16.1. The number of hydrogen-bond acceptors (Lipinski definition) is 33. The van der Waals surface area contributed by atoms with Crippen LogP contribution >= 0.6 is 7.60 Å². The number of Topliss-reactive ketones (excluding diaryl/α,β-unsaturated/α-hetero) is 2. The van der Waals surface area contributed by atoms with Crippen molar-refractivity contribution >= 4 is 85.3 Å². The van der Waals surface area contributed by atoms with Gasteiger partial charge in [-0.25, -0.2) is 33.6 Å². The van der Waals surface area contributed by atoms with Gasteiger partial charge >= 0.3 is 67.8 Å². The van der Waals surface area contributed by atoms with E-state index in [0.717, 1.165) is 20.5 Å². The lowest BCUT2D eigenvalue weighted by atomic mass is 9.40. The summed E-state index contributed by atoms with van der Waals surface area (Å²) in [6.07, 6.45) is -24.8. The largest absolute Gasteiger partial charge is 0.509 e. The van der Waals surface area contributed by atoms with Crippen molar-refractivity contribution in [2.24, 2.45) is 39.4 Å². The first kappa shape index (κ1) is 99.9. The molecule has 5 aromatic rings. The van der Waals surface area contributed by atoms with Gasteiger partial charge in [0.15, 0.2) is 54.5 Å². The van der Waals surface area contributed by atoms with Gasteiger partial charge in [0.05, 0.1) is 65.3 Å². The number of aliphatic hydroxyl groups excluding tert-OH is 3. The van der Waals surface area contributed by atoms with Crippen LogP contribution in [0.5, 0.6) is 0 Å². The second-order valence-corrected chi connectivity index (χ2v) is 39.7. The Labute approximate surface area is 772 Å². The van der Waals surface area contributed by atoms with Gasteiger partial charge in [-0.3, -0.25) is 37.9 Å². The molecular formula is C97H113N2O34P. The molecule has 37 heteroatoms. The average Bonchev–Trinajstić information content (AvgIpc) is 0.930. The first-order chi connectivity index (χ1) is 62.9. The highest BCUT2D eigenvalue weighted by Gasteiger charge is 2.84. The minimum absolute atomic E-state index is 0.00702. The van der Waals surface area contributed by atoms with Crippen LogP contribution in [-0.4, -0.2) is 231 Å². The molecule has 5 aromatic carbocycles. The second-order valence-electron chi connectivity index (χ2n) is 37.8. The number of ether oxygens (including phenoxy) is 14. The van der Waals surface area contributed by atoms with Crippen LogP contribution in [0.3, 0.4) is 0 Å². The molecular weight excluding hydrogens is 1770 g/mol. The molecule has 0 aromatic heterocycles. The van der Waals surface area contributed by atoms with E-state index in [1.807, 2.05) is 0 Å². The second kappa shape index (κ2) is 37.9. The van der Waals surface area contributed by atoms with Crippen molar-refractivity contribution in [3.63, 3.8) is 0 Å². The summed E-state index contributed by atoms with van der Waals surface area (Å²) in [5.74, 6) is -13.3. The van der Waals surface area contributed by atoms with E-state index in [0.29, 0.717) is 17.5 Å². The summed E-state index contributed by atoms with van der Waals surface area (Å²) in [4.78, 5) is 194. The minimum atomic E-state index is -4.19. The summed E-state index contributed by atoms with van der Waals surface area (Å²) in [5.41, 5.74) is -16.1. The smallest absolute Gasteiger partial charge is 0.458 e. The van der Waals surface area contributed by atoms with Gasteiger partial charge in [0.25, 0.3) is 5.91 Å². The van der Waals surface area contributed by atoms with Crippen LogP contribution in [0.4, 0.5) is 14.4 Å². The maximum Gasteiger partial charge on any atom is 0.509 e. The molecule has 7 N–H and O–H groups in total. The van der Waals surface area contributed by atoms with Gasteiger partial charge in [0, 0.05) is 62.6 Å². The predicted molar refractivity (Wildman–Crippen MR) is 465 cm³/mol. The van der Waals surface area contributed by atoms with Gasteiger partial charge in [-0.1, -0.05) is 143 Å². The number of rotatable bonds is 24. The third kappa shape index (κ3) is 18.2. The fraction of sp³-hybridized carbons (Fsp3) is 0.515. The molecule has 1 unspecified atom stereocenters. The number of esters is 7. The number of benzene rings is 5. The quantitative estimate of drug-likeness (QED) is 0.00992. The number of amides is 2. The number of ketones is 2. The van der Waals surface area contributed by atoms with Crippen LogP contribution in [0.1, 0.15) is 190 Å². The van der Waals surface area contributed by atoms with Crippen molar-refractivity contribution < 1.29 is 163 Å². The van der Waals surface area contributed by atoms with Crippen LogP contribution in [-0.2, 0) is 109 Å². The highest BCUT2D eigenvalue weighted by Crippen LogP contribution is 2.70. The summed E-state index contributed by atoms with van der Waals surface area (Å²) in [6, 6.07) is 36.8. The fourth-order valence-electron chi connectivity index (χ4n) is 21.8. The summed E-state index contributed by atoms with van der Waals surface area (Å²) in [6.45, 7) is 21.2. The van der Waals surface area contributed by atoms with Crippen molar-refractivity contribution in [3.8, 4) is 0 Å². The van der Waals surface area contributed by atoms with Crippen LogP contribution in [0.15, 0.2) is 174 Å². The number of hydrogen-bond donors (Lipinski definition) is 7. The summed E-state index contributed by atoms with van der Waals surface area (Å²) < 4.78 is 102. The normalized spacial score (nSPS) is 31.8. The van der Waals surface area contributed by atoms with E-state index in [1.54, 1.807) is 150 Å². The Morgan fingerprint density at radius 2 is 1.14 bits per heavy atom. The zero-order valence-corrected chi connectivity index (χ0v) is 77.8. The van der Waals surface area contributed by atoms with E-state index >= 15 is 14.4 Å². The summed E-state index contributed by atoms with van der Waals surface area (Å²) in [7, 11) is -4.19. The van der Waals surface area contributed by atoms with Gasteiger partial charge in [-0.2, -0.15) is 0 Å². The van der Waals surface area contributed by atoms with E-state index in [1.165, 1.54) is 91.8 Å². The van der Waals surface area contributed by atoms with E-state index < -0.39 is 258 Å². The number of fused-ring (bicyclic) bond motifs is 9. The molecule has 4 bridgehead atoms. The highest BCUT2D eigenvalue weighted by molar-refractivity contribution is 7.51. The number of aliphatic hydroxyl groups is 4. The summed E-state index contributed by atoms with van der Waals surface area (Å²) in [5, 5.41) is 55.6. The fourth-order valence-corrected chi connectivity index (χ4v) is 22.1. The number of carbonyl (C=O) groups is 13. The maximum atomic E-state index is 16.1. The molecule has 1 spiro atoms. The molecule has 9 aliphatic rings. The Bertz CT molecular complexity index is 5490. The average molecular weight is 1880 g/mol. The molecule has 2 saturated heterocycles. The van der Waals surface area contributed by atoms with E-state index in [2.05, 4.69) is 10.6 Å². The van der Waals surface area contributed by atoms with E-state index in [9.17, 15) is 77.8 Å². The predicted octanol–water partition coefficient (Wildman–Crippen LogP) is 10.2. The molecule has 24 atom stereocenters. The number of alkyl carbamates (subject to hydrolysis) is 1. The van der Waals surface area contributed by atoms with Crippen LogP contribution in [0.25, 0.3) is 0 Å². The van der Waals surface area contributed by atoms with E-state index in [4.69, 9.17) is 70.8 Å². The molecule has 36 nitrogen and oxygen atoms in total. The lowest BCUT2D eigenvalue weighted by Crippen LogP contribution is -2.82. The molecule has 7 aliphatic carbocycles. The van der Waals surface area contributed by atoms with Crippen LogP contribution in [0.2, 0.25) is 0 Å². The van der Waals surface area contributed by atoms with E-state index in [-0.39, 0.29) is 64.9 Å². The monoisotopic (exact) mass is 1880 g/mol. The van der Waals surface area contributed by atoms with Gasteiger partial charge in [-0.15, -0.1) is 0 Å². The molecule has 5 saturated carbocycles. The molecule has 14 rings (SSSR count). The third-order valence-electron chi connectivity index (χ3n) is 28.1. The third-order valence-corrected chi connectivity index (χ3v) is 28.7. The zero-order chi connectivity index (χ0) is 97.9. The first-order valence-corrected chi connectivity index (χ1v) is 46.1. The zero-order valence-electron chi connectivity index (χ0n) is 76.9. The molecule has 0 radical (unpaired) electrons. The highest BCUT2D eigenvalue weighted by atomic mass is 31.2. The Morgan fingerprint density at radius 3 is 1.65 bits per heavy atom. The number of nitrogens with one attached hydrogen (secondary N) is 2. The SMILES string of the molecule is CC(=O)O[C@@]12CC[C@@H]1C[C@H](O)[C@@]1(C)C(=O)[C@H](O)C3=C(C)[C@@H](OC(=O)[C@H](O)[C@@H](NC(=O)OC(C)(C)C)c4ccccc4)[C@@H]4OC(=O)O[C@]4([C@@H](OC(=O)c4ccccc4)[C@H]21)C3(C)C.CCOC(=O)O[C@@H](C(=O)O[C@H]1C[C@@]2(O)[C@@H](OC(=O)c3ccccc3)[C@@H]3[C@]4(OC(C)=O)CO[C@@H]4C[C@H](OCOP(C)(=O)O)[C@@]3(C)C(=O)[C@H](OC(C)=O)C(=C1C)C2(C)C)[C@@H](NC(=O)c1ccccc1)c1ccccc1. The van der Waals surface area contributed by atoms with Crippen molar-refractivity contribution in [3.05, 3.63) is 202 Å². The molecule has 2 amide bonds. The number of carbonyl (C=O) groups excluding carboxylic acids is 13. The van der Waals surface area contributed by atoms with Crippen LogP contribution < -0.4 is 10.6 Å². The Balaban J connectivity index is 0.000000231. The minimum Gasteiger partial charge on any atom is -0.458 e. The Morgan fingerprint density at radius 1 is 0.612 bits per heavy atom. The van der Waals surface area contributed by atoms with Gasteiger partial charge in [-0.05, 0) is 144 Å². The Kier molecular flexibility index (Phi) is 28.3. The topological polar surface area (TPSA) is 503 Å². The lowest BCUT2D eigenvalue weighted by Gasteiger charge is -2.68. The Hall–Kier alpha value is -11.6. The molecule has 2 aliphatic heterocycles. The van der Waals surface area contributed by atoms with Gasteiger partial charge in [0.2, 0.25) is 11.7 Å². The standard InChI is InChI=1S/C52H60NO19P.C45H53NO15/c1-9-64-48(60)70-41(39(32-19-13-10-14-20-32)53-45(57)33-21-15-11-16-22-33)47(59)69-35-26-52(61)44(71-46(58)34-23-17-12-18-24-34)42-50(7,43(56)40(68-30(3)54)38(29(35)2)49(52,5)6)36(66-28-67-73(8,62)63)25-37-51(42,27-65-37)72-31(4)55;1-22-28-30(49)34(51)43(8)27(48)21-26-19-20-44(26,59-23(2)47)33(43)36(57-37(52)25-17-13-10-14-18-25)45(42(28,6)7)35(58-40(55)61-45)32(22)56-38(53)31(50)29(24-15-11-9-12-16-24)46-39(54)60-41(3,4)5/h10-24,35-37,39-42,44,61H,9,25-28H2,1-8H3,(H,53,57)(H,62,63);9-18,26-27,29-33,35-36,48-50H,19-21H2,1-8H3,(H,46,54)/t35-,36-,37+,39-,40+,41+,42-,44-,50+,51-,52+;26-,27+,29+,30-,31-,32-,33+,35+,36+,43-,44+,45-/m01/s1. The molecule has 2 heterocycles. The van der Waals surface area contributed by atoms with Crippen molar-refractivity contribution in [1.82, 2.24) is 10.6 Å². The lowest BCUT2D eigenvalue weighted by molar-refractivity contribution is -0.350. The van der Waals surface area contributed by atoms with Gasteiger partial charge < -0.3 is 102 Å². The van der Waals surface area contributed by atoms with Gasteiger partial charge in [0.1, 0.15) is 47.3 Å². The van der Waals surface area contributed by atoms with Crippen molar-refractivity contribution in [1.29, 1.82) is 0 Å². The van der Waals surface area contributed by atoms with Crippen molar-refractivity contribution in [2.75, 3.05) is 26.7 Å². The van der Waals surface area contributed by atoms with Crippen LogP contribution in [0, 0.1) is 39.4 Å². The first-order valence-electron chi connectivity index (χ1n) is 44.0.